The molecule has 0 spiro atoms. The van der Waals surface area contributed by atoms with E-state index in [0.717, 1.165) is 11.8 Å². The van der Waals surface area contributed by atoms with Crippen molar-refractivity contribution in [1.29, 1.82) is 0 Å². The molecular weight excluding hydrogens is 204 g/mol. The lowest BCUT2D eigenvalue weighted by Crippen LogP contribution is -2.48. The Morgan fingerprint density at radius 2 is 1.88 bits per heavy atom. The molecule has 1 rings (SSSR count). The minimum absolute atomic E-state index is 0.456. The average molecular weight is 235 g/mol. The predicted octanol–water partition coefficient (Wildman–Crippen LogP) is 2.21. The third-order valence-electron chi connectivity index (χ3n) is 4.81. The molecule has 1 nitrogen and oxygen atoms in total. The summed E-state index contributed by atoms with van der Waals surface area (Å²) in [5, 5.41) is 0. The number of nitrogens with zero attached hydrogens (tertiary/aromatic N) is 1. The van der Waals surface area contributed by atoms with Crippen LogP contribution in [0.15, 0.2) is 0 Å². The van der Waals surface area contributed by atoms with Crippen molar-refractivity contribution in [1.82, 2.24) is 4.90 Å². The van der Waals surface area contributed by atoms with Crippen molar-refractivity contribution in [3.63, 3.8) is 0 Å². The summed E-state index contributed by atoms with van der Waals surface area (Å²) < 4.78 is 0. The highest BCUT2D eigenvalue weighted by Crippen LogP contribution is 2.35. The Morgan fingerprint density at radius 1 is 1.18 bits per heavy atom. The largest absolute Gasteiger partial charge is 0.303 e. The summed E-state index contributed by atoms with van der Waals surface area (Å²) in [6.07, 6.45) is 9.67. The lowest BCUT2D eigenvalue weighted by molar-refractivity contribution is 0.102. The first-order chi connectivity index (χ1) is 8.03. The van der Waals surface area contributed by atoms with E-state index in [9.17, 15) is 0 Å². The molecule has 1 saturated heterocycles. The van der Waals surface area contributed by atoms with Crippen LogP contribution < -0.4 is 0 Å². The second kappa shape index (κ2) is 6.87. The van der Waals surface area contributed by atoms with Crippen LogP contribution in [0.3, 0.4) is 0 Å². The number of hydrogen-bond acceptors (Lipinski definition) is 1. The Morgan fingerprint density at radius 3 is 2.35 bits per heavy atom. The van der Waals surface area contributed by atoms with E-state index in [1.807, 2.05) is 0 Å². The van der Waals surface area contributed by atoms with Crippen molar-refractivity contribution in [2.24, 2.45) is 0 Å². The van der Waals surface area contributed by atoms with Gasteiger partial charge in [0, 0.05) is 5.54 Å². The molecule has 17 heavy (non-hydrogen) atoms. The maximum absolute atomic E-state index is 2.80. The van der Waals surface area contributed by atoms with Crippen LogP contribution in [-0.2, 0) is 0 Å². The van der Waals surface area contributed by atoms with Crippen LogP contribution in [0.5, 0.6) is 0 Å². The Kier molecular flexibility index (Phi) is 6.12. The van der Waals surface area contributed by atoms with Gasteiger partial charge in [0.2, 0.25) is 0 Å². The highest BCUT2D eigenvalue weighted by molar-refractivity contribution is 6.15. The maximum atomic E-state index is 2.80. The van der Waals surface area contributed by atoms with Crippen molar-refractivity contribution in [3.05, 3.63) is 0 Å². The molecule has 1 aliphatic heterocycles. The van der Waals surface area contributed by atoms with Gasteiger partial charge in [0.1, 0.15) is 15.7 Å². The highest BCUT2D eigenvalue weighted by atomic mass is 15.2. The van der Waals surface area contributed by atoms with Crippen molar-refractivity contribution in [3.8, 4) is 0 Å². The number of rotatable bonds is 7. The van der Waals surface area contributed by atoms with Crippen LogP contribution in [0.25, 0.3) is 0 Å². The van der Waals surface area contributed by atoms with Gasteiger partial charge < -0.3 is 4.90 Å². The Labute approximate surface area is 111 Å². The van der Waals surface area contributed by atoms with Crippen LogP contribution in [0.2, 0.25) is 5.82 Å². The average Bonchev–Trinajstić information content (AvgIpc) is 2.64. The van der Waals surface area contributed by atoms with Gasteiger partial charge >= 0.3 is 0 Å². The number of likely N-dealkylation sites (tertiary alicyclic amines) is 1. The monoisotopic (exact) mass is 235 g/mol. The molecule has 98 valence electrons. The highest BCUT2D eigenvalue weighted by Gasteiger charge is 2.37. The second-order valence-corrected chi connectivity index (χ2v) is 6.50. The SMILES string of the molecule is BC1CC(B)N(C(C)(CC)CCCCCC)C1. The molecule has 3 unspecified atom stereocenters. The maximum Gasteiger partial charge on any atom is 0.123 e. The molecule has 1 fully saturated rings. The first kappa shape index (κ1) is 15.1. The molecule has 1 heterocycles. The molecule has 0 aromatic heterocycles. The fourth-order valence-corrected chi connectivity index (χ4v) is 3.51. The van der Waals surface area contributed by atoms with Gasteiger partial charge in [-0.1, -0.05) is 45.3 Å². The van der Waals surface area contributed by atoms with Crippen molar-refractivity contribution in [2.45, 2.75) is 83.0 Å². The molecule has 0 saturated carbocycles. The van der Waals surface area contributed by atoms with Crippen LogP contribution in [0, 0.1) is 0 Å². The minimum atomic E-state index is 0.456. The van der Waals surface area contributed by atoms with Crippen LogP contribution >= 0.6 is 0 Å². The Balaban J connectivity index is 2.49. The van der Waals surface area contributed by atoms with Crippen LogP contribution in [0.4, 0.5) is 0 Å². The van der Waals surface area contributed by atoms with Crippen LogP contribution in [0.1, 0.15) is 65.7 Å². The third kappa shape index (κ3) is 4.05. The van der Waals surface area contributed by atoms with E-state index >= 15 is 0 Å². The van der Waals surface area contributed by atoms with Crippen molar-refractivity contribution < 1.29 is 0 Å². The van der Waals surface area contributed by atoms with Gasteiger partial charge in [0.05, 0.1) is 0 Å². The zero-order valence-electron chi connectivity index (χ0n) is 12.8. The lowest BCUT2D eigenvalue weighted by Gasteiger charge is -2.42. The van der Waals surface area contributed by atoms with E-state index in [2.05, 4.69) is 41.4 Å². The summed E-state index contributed by atoms with van der Waals surface area (Å²) in [5.41, 5.74) is 0.456. The van der Waals surface area contributed by atoms with E-state index in [4.69, 9.17) is 0 Å². The molecule has 0 radical (unpaired) electrons. The van der Waals surface area contributed by atoms with E-state index < -0.39 is 0 Å². The summed E-state index contributed by atoms with van der Waals surface area (Å²) in [6, 6.07) is 0. The Bertz CT molecular complexity index is 222. The first-order valence-electron chi connectivity index (χ1n) is 7.80. The Hall–Kier alpha value is 0.0899. The summed E-state index contributed by atoms with van der Waals surface area (Å²) in [5.74, 6) is 1.69. The van der Waals surface area contributed by atoms with Crippen molar-refractivity contribution in [2.75, 3.05) is 6.54 Å². The zero-order valence-corrected chi connectivity index (χ0v) is 12.8. The van der Waals surface area contributed by atoms with Crippen molar-refractivity contribution >= 4 is 15.7 Å². The van der Waals surface area contributed by atoms with Crippen LogP contribution in [-0.4, -0.2) is 38.6 Å². The quantitative estimate of drug-likeness (QED) is 0.483. The molecular formula is C14H31B2N. The van der Waals surface area contributed by atoms with E-state index in [1.54, 1.807) is 0 Å². The molecule has 0 N–H and O–H groups in total. The van der Waals surface area contributed by atoms with Gasteiger partial charge in [0.15, 0.2) is 0 Å². The lowest BCUT2D eigenvalue weighted by atomic mass is 9.81. The molecule has 0 bridgehead atoms. The molecule has 0 amide bonds. The van der Waals surface area contributed by atoms with Gasteiger partial charge in [0.25, 0.3) is 0 Å². The molecule has 0 aromatic rings. The summed E-state index contributed by atoms with van der Waals surface area (Å²) in [7, 11) is 4.83. The zero-order chi connectivity index (χ0) is 12.9. The minimum Gasteiger partial charge on any atom is -0.303 e. The second-order valence-electron chi connectivity index (χ2n) is 6.50. The summed E-state index contributed by atoms with van der Waals surface area (Å²) in [4.78, 5) is 2.80. The molecule has 3 atom stereocenters. The summed E-state index contributed by atoms with van der Waals surface area (Å²) >= 11 is 0. The van der Waals surface area contributed by atoms with Gasteiger partial charge in [-0.15, -0.1) is 0 Å². The normalized spacial score (nSPS) is 29.4. The first-order valence-corrected chi connectivity index (χ1v) is 7.80. The van der Waals surface area contributed by atoms with Gasteiger partial charge in [-0.3, -0.25) is 0 Å². The van der Waals surface area contributed by atoms with E-state index in [1.165, 1.54) is 51.5 Å². The van der Waals surface area contributed by atoms with E-state index in [-0.39, 0.29) is 0 Å². The van der Waals surface area contributed by atoms with E-state index in [0.29, 0.717) is 5.54 Å². The van der Waals surface area contributed by atoms with Gasteiger partial charge in [-0.05, 0) is 38.7 Å². The van der Waals surface area contributed by atoms with Gasteiger partial charge in [-0.25, -0.2) is 0 Å². The molecule has 3 heteroatoms. The predicted molar refractivity (Wildman–Crippen MR) is 83.4 cm³/mol. The third-order valence-corrected chi connectivity index (χ3v) is 4.81. The smallest absolute Gasteiger partial charge is 0.123 e. The summed E-state index contributed by atoms with van der Waals surface area (Å²) in [6.45, 7) is 8.48. The molecule has 0 aliphatic carbocycles. The number of hydrogen-bond donors (Lipinski definition) is 0. The number of unbranched alkanes of at least 4 members (excludes halogenated alkanes) is 3. The topological polar surface area (TPSA) is 3.24 Å². The molecule has 0 aromatic carbocycles. The molecule has 1 aliphatic rings. The standard InChI is InChI=1S/C14H31B2N/c1-4-6-7-8-9-14(3,5-2)17-11-12(15)10-13(17)16/h12-13H,4-11,15-16H2,1-3H3. The fourth-order valence-electron chi connectivity index (χ4n) is 3.51. The fraction of sp³-hybridized carbons (Fsp3) is 1.00. The van der Waals surface area contributed by atoms with Gasteiger partial charge in [-0.2, -0.15) is 0 Å².